The second-order valence-electron chi connectivity index (χ2n) is 6.42. The summed E-state index contributed by atoms with van der Waals surface area (Å²) < 4.78 is 2.15. The van der Waals surface area contributed by atoms with E-state index >= 15 is 0 Å². The molecule has 0 bridgehead atoms. The molecule has 1 aliphatic rings. The van der Waals surface area contributed by atoms with Crippen molar-refractivity contribution in [2.45, 2.75) is 45.3 Å². The van der Waals surface area contributed by atoms with Crippen LogP contribution in [0.2, 0.25) is 0 Å². The Bertz CT molecular complexity index is 574. The van der Waals surface area contributed by atoms with E-state index < -0.39 is 0 Å². The number of aliphatic hydroxyl groups is 1. The lowest BCUT2D eigenvalue weighted by molar-refractivity contribution is -0.0257. The summed E-state index contributed by atoms with van der Waals surface area (Å²) >= 11 is 0. The summed E-state index contributed by atoms with van der Waals surface area (Å²) in [5, 5.41) is 10.7. The van der Waals surface area contributed by atoms with Crippen LogP contribution in [0.3, 0.4) is 0 Å². The minimum absolute atomic E-state index is 0.0266. The molecule has 3 nitrogen and oxygen atoms in total. The van der Waals surface area contributed by atoms with E-state index in [0.29, 0.717) is 0 Å². The molecule has 0 amide bonds. The van der Waals surface area contributed by atoms with Crippen molar-refractivity contribution in [1.29, 1.82) is 0 Å². The topological polar surface area (TPSA) is 38.0 Å². The maximum Gasteiger partial charge on any atom is 0.140 e. The highest BCUT2D eigenvalue weighted by molar-refractivity contribution is 5.55. The highest BCUT2D eigenvalue weighted by Gasteiger charge is 2.39. The van der Waals surface area contributed by atoms with Gasteiger partial charge in [-0.3, -0.25) is 0 Å². The first-order chi connectivity index (χ1) is 9.59. The number of rotatable bonds is 2. The van der Waals surface area contributed by atoms with Crippen molar-refractivity contribution < 1.29 is 5.11 Å². The Morgan fingerprint density at radius 3 is 2.75 bits per heavy atom. The molecule has 2 aromatic rings. The van der Waals surface area contributed by atoms with Gasteiger partial charge in [-0.15, -0.1) is 0 Å². The first-order valence-corrected chi connectivity index (χ1v) is 7.36. The molecule has 1 heterocycles. The Labute approximate surface area is 120 Å². The Kier molecular flexibility index (Phi) is 3.38. The van der Waals surface area contributed by atoms with Crippen LogP contribution in [-0.4, -0.2) is 20.8 Å². The molecule has 0 aliphatic heterocycles. The van der Waals surface area contributed by atoms with Crippen molar-refractivity contribution in [3.05, 3.63) is 42.7 Å². The van der Waals surface area contributed by atoms with Gasteiger partial charge in [0.15, 0.2) is 0 Å². The molecule has 2 atom stereocenters. The summed E-state index contributed by atoms with van der Waals surface area (Å²) in [5.74, 6) is 0.951. The van der Waals surface area contributed by atoms with E-state index in [2.05, 4.69) is 35.5 Å². The van der Waals surface area contributed by atoms with Gasteiger partial charge in [-0.2, -0.15) is 0 Å². The zero-order valence-corrected chi connectivity index (χ0v) is 12.2. The minimum Gasteiger partial charge on any atom is -0.390 e. The molecule has 0 radical (unpaired) electrons. The van der Waals surface area contributed by atoms with Gasteiger partial charge in [0.2, 0.25) is 0 Å². The molecule has 3 rings (SSSR count). The van der Waals surface area contributed by atoms with Crippen molar-refractivity contribution in [2.24, 2.45) is 5.41 Å². The third-order valence-electron chi connectivity index (χ3n) is 4.54. The van der Waals surface area contributed by atoms with Crippen LogP contribution in [0.15, 0.2) is 42.7 Å². The number of nitrogens with zero attached hydrogens (tertiary/aromatic N) is 2. The lowest BCUT2D eigenvalue weighted by Crippen LogP contribution is -2.41. The van der Waals surface area contributed by atoms with E-state index in [9.17, 15) is 5.11 Å². The SMILES string of the molecule is CC1(C)CCCC(n2ccnc2-c2ccccc2)C1O. The summed E-state index contributed by atoms with van der Waals surface area (Å²) in [6.45, 7) is 4.31. The van der Waals surface area contributed by atoms with Crippen molar-refractivity contribution in [1.82, 2.24) is 9.55 Å². The molecule has 0 spiro atoms. The largest absolute Gasteiger partial charge is 0.390 e. The summed E-state index contributed by atoms with van der Waals surface area (Å²) in [6.07, 6.45) is 6.75. The van der Waals surface area contributed by atoms with Gasteiger partial charge in [0.1, 0.15) is 5.82 Å². The third-order valence-corrected chi connectivity index (χ3v) is 4.54. The smallest absolute Gasteiger partial charge is 0.140 e. The van der Waals surface area contributed by atoms with Gasteiger partial charge in [-0.1, -0.05) is 50.6 Å². The fraction of sp³-hybridized carbons (Fsp3) is 0.471. The van der Waals surface area contributed by atoms with Crippen LogP contribution in [0.1, 0.15) is 39.2 Å². The van der Waals surface area contributed by atoms with E-state index in [1.807, 2.05) is 30.6 Å². The maximum absolute atomic E-state index is 10.7. The Hall–Kier alpha value is -1.61. The van der Waals surface area contributed by atoms with Crippen LogP contribution in [0.4, 0.5) is 0 Å². The Balaban J connectivity index is 1.98. The lowest BCUT2D eigenvalue weighted by Gasteiger charge is -2.41. The zero-order valence-electron chi connectivity index (χ0n) is 12.2. The van der Waals surface area contributed by atoms with E-state index in [1.165, 1.54) is 0 Å². The highest BCUT2D eigenvalue weighted by Crippen LogP contribution is 2.42. The van der Waals surface area contributed by atoms with Gasteiger partial charge in [0.25, 0.3) is 0 Å². The van der Waals surface area contributed by atoms with Crippen molar-refractivity contribution in [2.75, 3.05) is 0 Å². The van der Waals surface area contributed by atoms with Crippen LogP contribution in [-0.2, 0) is 0 Å². The second-order valence-corrected chi connectivity index (χ2v) is 6.42. The average molecular weight is 270 g/mol. The molecule has 1 N–H and O–H groups in total. The van der Waals surface area contributed by atoms with Gasteiger partial charge in [0, 0.05) is 18.0 Å². The normalized spacial score (nSPS) is 25.6. The molecule has 1 aliphatic carbocycles. The molecular formula is C17H22N2O. The number of imidazole rings is 1. The van der Waals surface area contributed by atoms with Gasteiger partial charge in [-0.05, 0) is 18.3 Å². The van der Waals surface area contributed by atoms with Crippen LogP contribution in [0, 0.1) is 5.41 Å². The standard InChI is InChI=1S/C17H22N2O/c1-17(2)10-6-9-14(15(17)20)19-12-11-18-16(19)13-7-4-3-5-8-13/h3-5,7-8,11-12,14-15,20H,6,9-10H2,1-2H3. The first-order valence-electron chi connectivity index (χ1n) is 7.36. The van der Waals surface area contributed by atoms with Gasteiger partial charge in [-0.25, -0.2) is 4.98 Å². The quantitative estimate of drug-likeness (QED) is 0.904. The van der Waals surface area contributed by atoms with Crippen molar-refractivity contribution in [3.8, 4) is 11.4 Å². The summed E-state index contributed by atoms with van der Waals surface area (Å²) in [7, 11) is 0. The molecule has 20 heavy (non-hydrogen) atoms. The molecule has 3 heteroatoms. The number of aliphatic hydroxyl groups excluding tert-OH is 1. The predicted octanol–water partition coefficient (Wildman–Crippen LogP) is 3.66. The Morgan fingerprint density at radius 2 is 2.00 bits per heavy atom. The van der Waals surface area contributed by atoms with E-state index in [1.54, 1.807) is 0 Å². The monoisotopic (exact) mass is 270 g/mol. The number of hydrogen-bond acceptors (Lipinski definition) is 2. The molecule has 2 unspecified atom stereocenters. The molecule has 0 saturated heterocycles. The van der Waals surface area contributed by atoms with Crippen LogP contribution < -0.4 is 0 Å². The zero-order chi connectivity index (χ0) is 14.2. The fourth-order valence-corrected chi connectivity index (χ4v) is 3.28. The van der Waals surface area contributed by atoms with E-state index in [4.69, 9.17) is 0 Å². The number of benzene rings is 1. The lowest BCUT2D eigenvalue weighted by atomic mass is 9.72. The number of hydrogen-bond donors (Lipinski definition) is 1. The fourth-order valence-electron chi connectivity index (χ4n) is 3.28. The maximum atomic E-state index is 10.7. The van der Waals surface area contributed by atoms with Gasteiger partial charge in [0.05, 0.1) is 12.1 Å². The highest BCUT2D eigenvalue weighted by atomic mass is 16.3. The van der Waals surface area contributed by atoms with Crippen LogP contribution >= 0.6 is 0 Å². The van der Waals surface area contributed by atoms with Gasteiger partial charge >= 0.3 is 0 Å². The molecule has 1 saturated carbocycles. The van der Waals surface area contributed by atoms with Crippen LogP contribution in [0.25, 0.3) is 11.4 Å². The van der Waals surface area contributed by atoms with Gasteiger partial charge < -0.3 is 9.67 Å². The minimum atomic E-state index is -0.326. The predicted molar refractivity (Wildman–Crippen MR) is 80.3 cm³/mol. The molecule has 1 aromatic heterocycles. The van der Waals surface area contributed by atoms with Crippen LogP contribution in [0.5, 0.6) is 0 Å². The number of aromatic nitrogens is 2. The third kappa shape index (κ3) is 2.27. The summed E-state index contributed by atoms with van der Waals surface area (Å²) in [6, 6.07) is 10.3. The molecular weight excluding hydrogens is 248 g/mol. The summed E-state index contributed by atoms with van der Waals surface area (Å²) in [5.41, 5.74) is 1.08. The van der Waals surface area contributed by atoms with Crippen molar-refractivity contribution in [3.63, 3.8) is 0 Å². The van der Waals surface area contributed by atoms with Crippen molar-refractivity contribution >= 4 is 0 Å². The van der Waals surface area contributed by atoms with E-state index in [0.717, 1.165) is 30.7 Å². The summed E-state index contributed by atoms with van der Waals surface area (Å²) in [4.78, 5) is 4.50. The molecule has 106 valence electrons. The molecule has 1 aromatic carbocycles. The average Bonchev–Trinajstić information content (AvgIpc) is 2.92. The second kappa shape index (κ2) is 5.06. The molecule has 1 fully saturated rings. The first kappa shape index (κ1) is 13.4. The van der Waals surface area contributed by atoms with E-state index in [-0.39, 0.29) is 17.6 Å². The Morgan fingerprint density at radius 1 is 1.25 bits per heavy atom.